The number of ketones is 2. The van der Waals surface area contributed by atoms with Crippen molar-refractivity contribution in [2.45, 2.75) is 38.5 Å². The van der Waals surface area contributed by atoms with Crippen molar-refractivity contribution in [3.63, 3.8) is 0 Å². The Morgan fingerprint density at radius 3 is 2.21 bits per heavy atom. The summed E-state index contributed by atoms with van der Waals surface area (Å²) in [6, 6.07) is 23.8. The van der Waals surface area contributed by atoms with E-state index in [1.807, 2.05) is 18.2 Å². The average Bonchev–Trinajstić information content (AvgIpc) is 3.62. The number of rotatable bonds is 1. The number of carbonyl (C=O) groups excluding carboxylic acids is 2. The third kappa shape index (κ3) is 3.05. The number of anilines is 3. The van der Waals surface area contributed by atoms with Crippen LogP contribution in [0.15, 0.2) is 77.2 Å². The van der Waals surface area contributed by atoms with Gasteiger partial charge in [0.25, 0.3) is 0 Å². The zero-order valence-electron chi connectivity index (χ0n) is 22.1. The van der Waals surface area contributed by atoms with Gasteiger partial charge in [0.1, 0.15) is 0 Å². The molecule has 0 saturated carbocycles. The molecule has 3 nitrogen and oxygen atoms in total. The van der Waals surface area contributed by atoms with Gasteiger partial charge in [-0.15, -0.1) is 0 Å². The number of benzene rings is 3. The van der Waals surface area contributed by atoms with Gasteiger partial charge in [-0.05, 0) is 0 Å². The van der Waals surface area contributed by atoms with Gasteiger partial charge < -0.3 is 0 Å². The third-order valence-electron chi connectivity index (χ3n) is 8.89. The van der Waals surface area contributed by atoms with Crippen molar-refractivity contribution in [1.29, 1.82) is 0 Å². The number of fused-ring (bicyclic) bond motifs is 6. The van der Waals surface area contributed by atoms with Crippen LogP contribution >= 0.6 is 0 Å². The van der Waals surface area contributed by atoms with Crippen molar-refractivity contribution < 1.29 is 9.59 Å². The Morgan fingerprint density at radius 2 is 1.44 bits per heavy atom. The minimum absolute atomic E-state index is 0.102. The molecule has 0 spiro atoms. The first-order chi connectivity index (χ1) is 18.7. The molecule has 8 rings (SSSR count). The molecule has 39 heavy (non-hydrogen) atoms. The second-order valence-corrected chi connectivity index (χ2v) is 16.8. The molecule has 0 amide bonds. The topological polar surface area (TPSA) is 37.4 Å². The molecule has 2 aliphatic heterocycles. The van der Waals surface area contributed by atoms with E-state index in [0.717, 1.165) is 8.97 Å². The standard InChI is InChI=1S/C34H25NO2SeTe/c1-33(2)23-8-5-6-11-27(23)35-29-24(33)9-7-10-25(29)34(3,4)26-16-19(39-32(26)35)15-22-30(36)20-14-18-12-13-38-28(18)17-21(20)31(22)37/h5-17H,1-4H3/b22-15-. The molecule has 5 heteroatoms. The number of carbonyl (C=O) groups is 2. The summed E-state index contributed by atoms with van der Waals surface area (Å²) < 4.78 is 3.72. The van der Waals surface area contributed by atoms with Gasteiger partial charge in [-0.2, -0.15) is 0 Å². The summed E-state index contributed by atoms with van der Waals surface area (Å²) in [7, 11) is 0. The fourth-order valence-electron chi connectivity index (χ4n) is 6.75. The SMILES string of the molecule is CC1(C)c2ccccc2N2c3[te]c(/C=C4/C(=O)c5cc6cc[se]c6cc5C4=O)cc3C(C)(C)c3cccc1c32. The Kier molecular flexibility index (Phi) is 4.81. The molecule has 1 aliphatic carbocycles. The number of nitrogens with zero attached hydrogens (tertiary/aromatic N) is 1. The van der Waals surface area contributed by atoms with Gasteiger partial charge in [0.05, 0.1) is 0 Å². The van der Waals surface area contributed by atoms with E-state index in [0.29, 0.717) is 16.7 Å². The van der Waals surface area contributed by atoms with Crippen LogP contribution in [0.3, 0.4) is 0 Å². The van der Waals surface area contributed by atoms with Gasteiger partial charge in [-0.25, -0.2) is 0 Å². The van der Waals surface area contributed by atoms with E-state index < -0.39 is 20.4 Å². The van der Waals surface area contributed by atoms with Crippen LogP contribution < -0.4 is 4.90 Å². The van der Waals surface area contributed by atoms with Crippen LogP contribution in [-0.4, -0.2) is 46.5 Å². The molecule has 3 aromatic carbocycles. The quantitative estimate of drug-likeness (QED) is 0.107. The summed E-state index contributed by atoms with van der Waals surface area (Å²) in [4.78, 5) is 31.6. The molecule has 0 radical (unpaired) electrons. The molecule has 0 atom stereocenters. The van der Waals surface area contributed by atoms with Crippen LogP contribution in [-0.2, 0) is 10.8 Å². The molecule has 3 aliphatic rings. The van der Waals surface area contributed by atoms with Crippen LogP contribution in [0.4, 0.5) is 15.1 Å². The molecule has 2 aromatic heterocycles. The molecule has 0 unspecified atom stereocenters. The predicted molar refractivity (Wildman–Crippen MR) is 160 cm³/mol. The van der Waals surface area contributed by atoms with Crippen LogP contribution in [0, 0.1) is 0 Å². The van der Waals surface area contributed by atoms with E-state index in [1.54, 1.807) is 0 Å². The van der Waals surface area contributed by atoms with Crippen molar-refractivity contribution in [1.82, 2.24) is 0 Å². The van der Waals surface area contributed by atoms with Gasteiger partial charge in [0.15, 0.2) is 0 Å². The first-order valence-corrected chi connectivity index (χ1v) is 17.4. The van der Waals surface area contributed by atoms with Crippen molar-refractivity contribution in [3.8, 4) is 0 Å². The van der Waals surface area contributed by atoms with Crippen LogP contribution in [0.2, 0.25) is 0 Å². The average molecular weight is 686 g/mol. The Balaban J connectivity index is 1.32. The predicted octanol–water partition coefficient (Wildman–Crippen LogP) is 7.16. The molecule has 0 N–H and O–H groups in total. The Hall–Kier alpha value is -2.93. The molecular weight excluding hydrogens is 661 g/mol. The summed E-state index contributed by atoms with van der Waals surface area (Å²) in [5, 5.41) is 1.09. The summed E-state index contributed by atoms with van der Waals surface area (Å²) >= 11 is -0.612. The number of hydrogen-bond acceptors (Lipinski definition) is 3. The maximum absolute atomic E-state index is 13.5. The first kappa shape index (κ1) is 23.9. The fraction of sp³-hybridized carbons (Fsp3) is 0.176. The molecule has 4 heterocycles. The Labute approximate surface area is 243 Å². The van der Waals surface area contributed by atoms with E-state index in [9.17, 15) is 9.59 Å². The normalized spacial score (nSPS) is 18.8. The molecule has 0 saturated heterocycles. The van der Waals surface area contributed by atoms with Gasteiger partial charge in [0, 0.05) is 0 Å². The summed E-state index contributed by atoms with van der Waals surface area (Å²) in [6.07, 6.45) is 1.93. The zero-order valence-corrected chi connectivity index (χ0v) is 26.1. The fourth-order valence-corrected chi connectivity index (χ4v) is 12.1. The second-order valence-electron chi connectivity index (χ2n) is 11.7. The van der Waals surface area contributed by atoms with Gasteiger partial charge in [0.2, 0.25) is 0 Å². The molecule has 190 valence electrons. The first-order valence-electron chi connectivity index (χ1n) is 13.2. The Morgan fingerprint density at radius 1 is 0.769 bits per heavy atom. The van der Waals surface area contributed by atoms with Crippen LogP contribution in [0.5, 0.6) is 0 Å². The molecule has 0 bridgehead atoms. The molecular formula is C34H25NO2SeTe. The summed E-state index contributed by atoms with van der Waals surface area (Å²) in [5.74, 6) is -0.243. The van der Waals surface area contributed by atoms with Crippen LogP contribution in [0.1, 0.15) is 74.2 Å². The van der Waals surface area contributed by atoms with E-state index in [1.165, 1.54) is 41.6 Å². The summed E-state index contributed by atoms with van der Waals surface area (Å²) in [5.41, 5.74) is 9.12. The van der Waals surface area contributed by atoms with Crippen molar-refractivity contribution in [2.24, 2.45) is 0 Å². The Bertz CT molecular complexity index is 1920. The van der Waals surface area contributed by atoms with Crippen molar-refractivity contribution in [2.75, 3.05) is 4.90 Å². The van der Waals surface area contributed by atoms with E-state index in [4.69, 9.17) is 0 Å². The molecule has 5 aromatic rings. The van der Waals surface area contributed by atoms with Gasteiger partial charge in [-0.1, -0.05) is 0 Å². The van der Waals surface area contributed by atoms with E-state index >= 15 is 0 Å². The number of para-hydroxylation sites is 2. The number of Topliss-reactive ketones (excluding diaryl/α,β-unsaturated/α-hetero) is 2. The van der Waals surface area contributed by atoms with Crippen molar-refractivity contribution in [3.05, 3.63) is 114 Å². The second kappa shape index (κ2) is 7.84. The van der Waals surface area contributed by atoms with Gasteiger partial charge >= 0.3 is 245 Å². The maximum atomic E-state index is 13.5. The van der Waals surface area contributed by atoms with E-state index in [2.05, 4.69) is 92.1 Å². The van der Waals surface area contributed by atoms with Gasteiger partial charge in [-0.3, -0.25) is 0 Å². The monoisotopic (exact) mass is 689 g/mol. The molecule has 0 fully saturated rings. The van der Waals surface area contributed by atoms with Crippen LogP contribution in [0.25, 0.3) is 15.7 Å². The summed E-state index contributed by atoms with van der Waals surface area (Å²) in [6.45, 7) is 9.30. The number of allylic oxidation sites excluding steroid dienone is 1. The third-order valence-corrected chi connectivity index (χ3v) is 13.8. The zero-order chi connectivity index (χ0) is 26.8. The van der Waals surface area contributed by atoms with Crippen molar-refractivity contribution >= 4 is 77.3 Å². The minimum atomic E-state index is -0.851. The number of hydrogen-bond donors (Lipinski definition) is 0. The van der Waals surface area contributed by atoms with E-state index in [-0.39, 0.29) is 36.9 Å².